The molecule has 1 saturated heterocycles. The predicted molar refractivity (Wildman–Crippen MR) is 122 cm³/mol. The van der Waals surface area contributed by atoms with Crippen LogP contribution in [-0.2, 0) is 23.6 Å². The Hall–Kier alpha value is -2.09. The van der Waals surface area contributed by atoms with Crippen LogP contribution in [0.15, 0.2) is 41.0 Å². The van der Waals surface area contributed by atoms with E-state index in [1.807, 2.05) is 52.8 Å². The van der Waals surface area contributed by atoms with Crippen molar-refractivity contribution in [2.45, 2.75) is 71.7 Å². The largest absolute Gasteiger partial charge is 0.495 e. The van der Waals surface area contributed by atoms with Gasteiger partial charge in [0, 0.05) is 17.6 Å². The number of allylic oxidation sites excluding steroid dienone is 2. The first-order valence-corrected chi connectivity index (χ1v) is 10.8. The summed E-state index contributed by atoms with van der Waals surface area (Å²) in [7, 11) is -0.483. The molecule has 31 heavy (non-hydrogen) atoms. The average molecular weight is 446 g/mol. The number of benzene rings is 1. The molecule has 1 unspecified atom stereocenters. The number of amides is 1. The molecule has 1 aromatic rings. The van der Waals surface area contributed by atoms with Crippen LogP contribution in [0.5, 0.6) is 0 Å². The summed E-state index contributed by atoms with van der Waals surface area (Å²) in [6.45, 7) is 11.2. The number of nitrogens with one attached hydrogen (secondary N) is 1. The van der Waals surface area contributed by atoms with Crippen LogP contribution in [0.4, 0.5) is 5.69 Å². The summed E-state index contributed by atoms with van der Waals surface area (Å²) in [6, 6.07) is 5.51. The Morgan fingerprint density at radius 1 is 1.19 bits per heavy atom. The van der Waals surface area contributed by atoms with E-state index >= 15 is 0 Å². The van der Waals surface area contributed by atoms with Crippen molar-refractivity contribution in [2.75, 3.05) is 5.32 Å². The van der Waals surface area contributed by atoms with Gasteiger partial charge >= 0.3 is 13.1 Å². The van der Waals surface area contributed by atoms with Gasteiger partial charge < -0.3 is 19.4 Å². The molecule has 0 aromatic heterocycles. The van der Waals surface area contributed by atoms with Crippen molar-refractivity contribution in [3.8, 4) is 0 Å². The summed E-state index contributed by atoms with van der Waals surface area (Å²) in [6.07, 6.45) is 3.89. The minimum absolute atomic E-state index is 0.434. The second kappa shape index (κ2) is 8.81. The van der Waals surface area contributed by atoms with Gasteiger partial charge in [-0.2, -0.15) is 0 Å². The zero-order valence-corrected chi connectivity index (χ0v) is 19.6. The molecular formula is C23H29BClNO5. The third-order valence-corrected chi connectivity index (χ3v) is 6.25. The molecule has 0 radical (unpaired) electrons. The molecule has 1 heterocycles. The van der Waals surface area contributed by atoms with Crippen molar-refractivity contribution in [3.63, 3.8) is 0 Å². The maximum absolute atomic E-state index is 12.9. The van der Waals surface area contributed by atoms with Gasteiger partial charge in [-0.15, -0.1) is 0 Å². The molecule has 1 aliphatic carbocycles. The molecule has 6 nitrogen and oxygen atoms in total. The number of halogens is 1. The maximum Gasteiger partial charge on any atom is 0.495 e. The molecule has 8 heteroatoms. The van der Waals surface area contributed by atoms with Crippen LogP contribution in [0.1, 0.15) is 53.0 Å². The van der Waals surface area contributed by atoms with E-state index in [0.29, 0.717) is 29.1 Å². The number of carbonyl (C=O) groups is 2. The van der Waals surface area contributed by atoms with E-state index in [1.54, 1.807) is 12.1 Å². The van der Waals surface area contributed by atoms with Crippen LogP contribution in [0.25, 0.3) is 0 Å². The van der Waals surface area contributed by atoms with Crippen molar-refractivity contribution < 1.29 is 23.6 Å². The lowest BCUT2D eigenvalue weighted by Crippen LogP contribution is -2.41. The van der Waals surface area contributed by atoms with Crippen molar-refractivity contribution in [1.82, 2.24) is 0 Å². The van der Waals surface area contributed by atoms with Crippen LogP contribution >= 0.6 is 11.6 Å². The van der Waals surface area contributed by atoms with E-state index in [4.69, 9.17) is 25.6 Å². The van der Waals surface area contributed by atoms with Gasteiger partial charge in [-0.1, -0.05) is 23.7 Å². The summed E-state index contributed by atoms with van der Waals surface area (Å²) in [5, 5.41) is 3.47. The molecule has 0 saturated carbocycles. The Morgan fingerprint density at radius 2 is 1.84 bits per heavy atom. The van der Waals surface area contributed by atoms with Crippen molar-refractivity contribution in [3.05, 3.63) is 46.5 Å². The first kappa shape index (κ1) is 23.6. The van der Waals surface area contributed by atoms with Gasteiger partial charge in [0.15, 0.2) is 0 Å². The smallest absolute Gasteiger partial charge is 0.447 e. The summed E-state index contributed by atoms with van der Waals surface area (Å²) in [4.78, 5) is 24.5. The molecule has 0 bridgehead atoms. The lowest BCUT2D eigenvalue weighted by molar-refractivity contribution is -0.149. The number of hydrogen-bond acceptors (Lipinski definition) is 5. The van der Waals surface area contributed by atoms with E-state index < -0.39 is 36.3 Å². The van der Waals surface area contributed by atoms with Crippen LogP contribution < -0.4 is 10.8 Å². The molecule has 1 aromatic carbocycles. The number of hydrogen-bond donors (Lipinski definition) is 1. The van der Waals surface area contributed by atoms with Crippen LogP contribution in [-0.4, -0.2) is 36.3 Å². The third kappa shape index (κ3) is 5.22. The molecule has 2 aliphatic rings. The van der Waals surface area contributed by atoms with Crippen LogP contribution in [0.2, 0.25) is 0 Å². The fraction of sp³-hybridized carbons (Fsp3) is 0.478. The fourth-order valence-corrected chi connectivity index (χ4v) is 3.74. The Morgan fingerprint density at radius 3 is 2.39 bits per heavy atom. The Labute approximate surface area is 189 Å². The summed E-state index contributed by atoms with van der Waals surface area (Å²) in [5.74, 6) is -0.977. The first-order chi connectivity index (χ1) is 14.4. The van der Waals surface area contributed by atoms with E-state index in [2.05, 4.69) is 5.32 Å². The zero-order chi connectivity index (χ0) is 23.0. The molecule has 1 atom stereocenters. The van der Waals surface area contributed by atoms with Gasteiger partial charge in [0.1, 0.15) is 0 Å². The number of esters is 1. The highest BCUT2D eigenvalue weighted by molar-refractivity contribution is 6.62. The molecule has 1 amide bonds. The fourth-order valence-electron chi connectivity index (χ4n) is 3.51. The summed E-state index contributed by atoms with van der Waals surface area (Å²) < 4.78 is 17.6. The van der Waals surface area contributed by atoms with Gasteiger partial charge in [-0.3, -0.25) is 9.59 Å². The summed E-state index contributed by atoms with van der Waals surface area (Å²) >= 11 is 6.12. The Bertz CT molecular complexity index is 937. The van der Waals surface area contributed by atoms with Gasteiger partial charge in [0.25, 0.3) is 5.91 Å². The monoisotopic (exact) mass is 445 g/mol. The zero-order valence-electron chi connectivity index (χ0n) is 18.9. The molecule has 1 fully saturated rings. The summed E-state index contributed by atoms with van der Waals surface area (Å²) in [5.41, 5.74) is 2.12. The third-order valence-electron chi connectivity index (χ3n) is 5.96. The number of anilines is 1. The van der Waals surface area contributed by atoms with Crippen LogP contribution in [0.3, 0.4) is 0 Å². The van der Waals surface area contributed by atoms with Gasteiger partial charge in [-0.25, -0.2) is 0 Å². The van der Waals surface area contributed by atoms with Gasteiger partial charge in [-0.05, 0) is 82.3 Å². The number of ether oxygens (including phenoxy) is 1. The lowest BCUT2D eigenvalue weighted by atomic mass is 9.76. The molecule has 3 rings (SSSR count). The van der Waals surface area contributed by atoms with E-state index in [0.717, 1.165) is 11.0 Å². The minimum atomic E-state index is -1.06. The molecule has 1 N–H and O–H groups in total. The number of carbonyl (C=O) groups excluding carboxylic acids is 2. The van der Waals surface area contributed by atoms with Gasteiger partial charge in [0.2, 0.25) is 6.10 Å². The van der Waals surface area contributed by atoms with Crippen LogP contribution in [0, 0.1) is 6.92 Å². The second-order valence-corrected chi connectivity index (χ2v) is 9.46. The predicted octanol–water partition coefficient (Wildman–Crippen LogP) is 4.01. The lowest BCUT2D eigenvalue weighted by Gasteiger charge is -2.32. The highest BCUT2D eigenvalue weighted by Crippen LogP contribution is 2.36. The van der Waals surface area contributed by atoms with E-state index in [9.17, 15) is 9.59 Å². The molecule has 1 aliphatic heterocycles. The quantitative estimate of drug-likeness (QED) is 0.547. The van der Waals surface area contributed by atoms with Crippen molar-refractivity contribution in [2.24, 2.45) is 0 Å². The average Bonchev–Trinajstić information content (AvgIpc) is 2.86. The van der Waals surface area contributed by atoms with E-state index in [1.165, 1.54) is 6.92 Å². The molecule has 166 valence electrons. The maximum atomic E-state index is 12.9. The van der Waals surface area contributed by atoms with E-state index in [-0.39, 0.29) is 0 Å². The minimum Gasteiger partial charge on any atom is -0.447 e. The Kier molecular flexibility index (Phi) is 6.70. The normalized spacial score (nSPS) is 20.5. The standard InChI is InChI=1S/C23H29BClNO5/c1-14-12-18(10-11-19(14)24-30-22(3,4)23(5,6)31-24)26-21(28)20(29-15(2)27)16-8-7-9-17(25)13-16/h8,10-13,20H,7,9H2,1-6H3,(H,26,28). The second-order valence-electron chi connectivity index (χ2n) is 8.97. The number of aryl methyl sites for hydroxylation is 1. The molecule has 0 spiro atoms. The van der Waals surface area contributed by atoms with Gasteiger partial charge in [0.05, 0.1) is 11.2 Å². The molecular weight excluding hydrogens is 417 g/mol. The Balaban J connectivity index is 1.77. The highest BCUT2D eigenvalue weighted by Gasteiger charge is 2.52. The number of rotatable bonds is 5. The first-order valence-electron chi connectivity index (χ1n) is 10.4. The SMILES string of the molecule is CC(=O)OC(C(=O)Nc1ccc(B2OC(C)(C)C(C)(C)O2)c(C)c1)C1=CCCC(Cl)=C1. The van der Waals surface area contributed by atoms with Crippen molar-refractivity contribution >= 4 is 41.7 Å². The highest BCUT2D eigenvalue weighted by atomic mass is 35.5. The topological polar surface area (TPSA) is 73.9 Å². The van der Waals surface area contributed by atoms with Crippen molar-refractivity contribution in [1.29, 1.82) is 0 Å².